The molecule has 158 valence electrons. The standard InChI is InChI=1S/C24H17FN4O2S/c1-15(22(30)27-18-6-4-5-16(13-18)14-26)32-24-28-21-8-3-2-7-20(21)23(31)29(24)19-11-9-17(25)10-12-19/h2-13,15H,1H3,(H,27,30). The molecule has 6 nitrogen and oxygen atoms in total. The van der Waals surface area contributed by atoms with E-state index in [1.807, 2.05) is 6.07 Å². The maximum Gasteiger partial charge on any atom is 0.266 e. The Morgan fingerprint density at radius 2 is 1.88 bits per heavy atom. The van der Waals surface area contributed by atoms with Crippen molar-refractivity contribution in [2.24, 2.45) is 0 Å². The highest BCUT2D eigenvalue weighted by Gasteiger charge is 2.20. The van der Waals surface area contributed by atoms with Gasteiger partial charge in [-0.2, -0.15) is 5.26 Å². The number of nitrogens with one attached hydrogen (secondary N) is 1. The van der Waals surface area contributed by atoms with Crippen molar-refractivity contribution in [1.82, 2.24) is 9.55 Å². The van der Waals surface area contributed by atoms with Gasteiger partial charge in [-0.1, -0.05) is 30.0 Å². The highest BCUT2D eigenvalue weighted by Crippen LogP contribution is 2.26. The van der Waals surface area contributed by atoms with Gasteiger partial charge >= 0.3 is 0 Å². The van der Waals surface area contributed by atoms with E-state index < -0.39 is 11.1 Å². The van der Waals surface area contributed by atoms with Crippen molar-refractivity contribution in [3.8, 4) is 11.8 Å². The van der Waals surface area contributed by atoms with E-state index in [4.69, 9.17) is 5.26 Å². The summed E-state index contributed by atoms with van der Waals surface area (Å²) in [6.07, 6.45) is 0. The fourth-order valence-electron chi connectivity index (χ4n) is 3.13. The van der Waals surface area contributed by atoms with Gasteiger partial charge in [0.15, 0.2) is 5.16 Å². The van der Waals surface area contributed by atoms with E-state index in [9.17, 15) is 14.0 Å². The smallest absolute Gasteiger partial charge is 0.266 e. The number of hydrogen-bond acceptors (Lipinski definition) is 5. The molecule has 1 amide bonds. The Balaban J connectivity index is 1.70. The average Bonchev–Trinajstić information content (AvgIpc) is 2.80. The lowest BCUT2D eigenvalue weighted by Crippen LogP contribution is -2.26. The van der Waals surface area contributed by atoms with Crippen LogP contribution < -0.4 is 10.9 Å². The minimum Gasteiger partial charge on any atom is -0.325 e. The largest absolute Gasteiger partial charge is 0.325 e. The Labute approximate surface area is 187 Å². The van der Waals surface area contributed by atoms with E-state index >= 15 is 0 Å². The molecule has 0 bridgehead atoms. The number of fused-ring (bicyclic) bond motifs is 1. The van der Waals surface area contributed by atoms with Crippen molar-refractivity contribution in [2.75, 3.05) is 5.32 Å². The lowest BCUT2D eigenvalue weighted by molar-refractivity contribution is -0.115. The van der Waals surface area contributed by atoms with Gasteiger partial charge in [0.25, 0.3) is 5.56 Å². The Morgan fingerprint density at radius 3 is 2.62 bits per heavy atom. The highest BCUT2D eigenvalue weighted by atomic mass is 32.2. The van der Waals surface area contributed by atoms with Crippen LogP contribution in [0.25, 0.3) is 16.6 Å². The number of hydrogen-bond donors (Lipinski definition) is 1. The molecule has 1 aromatic heterocycles. The van der Waals surface area contributed by atoms with Crippen LogP contribution in [-0.2, 0) is 4.79 Å². The lowest BCUT2D eigenvalue weighted by Gasteiger charge is -2.16. The molecular weight excluding hydrogens is 427 g/mol. The second-order valence-corrected chi connectivity index (χ2v) is 8.28. The second-order valence-electron chi connectivity index (χ2n) is 6.97. The van der Waals surface area contributed by atoms with Crippen LogP contribution in [0.1, 0.15) is 12.5 Å². The van der Waals surface area contributed by atoms with Crippen molar-refractivity contribution in [2.45, 2.75) is 17.3 Å². The molecule has 0 aliphatic carbocycles. The first-order chi connectivity index (χ1) is 15.5. The average molecular weight is 444 g/mol. The molecule has 0 saturated carbocycles. The summed E-state index contributed by atoms with van der Waals surface area (Å²) < 4.78 is 14.8. The summed E-state index contributed by atoms with van der Waals surface area (Å²) >= 11 is 1.12. The zero-order valence-electron chi connectivity index (χ0n) is 16.9. The van der Waals surface area contributed by atoms with Crippen LogP contribution in [-0.4, -0.2) is 20.7 Å². The summed E-state index contributed by atoms with van der Waals surface area (Å²) in [6.45, 7) is 1.70. The number of nitriles is 1. The molecule has 0 spiro atoms. The fraction of sp³-hybridized carbons (Fsp3) is 0.0833. The molecular formula is C24H17FN4O2S. The third kappa shape index (κ3) is 4.38. The van der Waals surface area contributed by atoms with E-state index in [0.29, 0.717) is 33.0 Å². The predicted octanol–water partition coefficient (Wildman–Crippen LogP) is 4.52. The number of aromatic nitrogens is 2. The Kier molecular flexibility index (Phi) is 6.01. The monoisotopic (exact) mass is 444 g/mol. The molecule has 0 aliphatic rings. The summed E-state index contributed by atoms with van der Waals surface area (Å²) in [5.74, 6) is -0.727. The lowest BCUT2D eigenvalue weighted by atomic mass is 10.2. The minimum atomic E-state index is -0.611. The second kappa shape index (κ2) is 9.04. The molecule has 3 aromatic carbocycles. The fourth-order valence-corrected chi connectivity index (χ4v) is 4.06. The van der Waals surface area contributed by atoms with Gasteiger partial charge in [-0.3, -0.25) is 14.2 Å². The zero-order valence-corrected chi connectivity index (χ0v) is 17.8. The van der Waals surface area contributed by atoms with E-state index in [-0.39, 0.29) is 11.5 Å². The maximum absolute atomic E-state index is 13.5. The summed E-state index contributed by atoms with van der Waals surface area (Å²) in [5, 5.41) is 11.9. The van der Waals surface area contributed by atoms with E-state index in [1.165, 1.54) is 28.8 Å². The molecule has 1 unspecified atom stereocenters. The first kappa shape index (κ1) is 21.3. The first-order valence-electron chi connectivity index (χ1n) is 9.71. The quantitative estimate of drug-likeness (QED) is 0.361. The Morgan fingerprint density at radius 1 is 1.12 bits per heavy atom. The number of carbonyl (C=O) groups excluding carboxylic acids is 1. The highest BCUT2D eigenvalue weighted by molar-refractivity contribution is 8.00. The summed E-state index contributed by atoms with van der Waals surface area (Å²) in [7, 11) is 0. The van der Waals surface area contributed by atoms with Crippen LogP contribution in [0.15, 0.2) is 82.7 Å². The number of amides is 1. The Bertz CT molecular complexity index is 1410. The molecule has 1 N–H and O–H groups in total. The first-order valence-corrected chi connectivity index (χ1v) is 10.6. The molecule has 8 heteroatoms. The number of thioether (sulfide) groups is 1. The molecule has 1 heterocycles. The third-order valence-corrected chi connectivity index (χ3v) is 5.79. The van der Waals surface area contributed by atoms with Gasteiger partial charge in [-0.15, -0.1) is 0 Å². The van der Waals surface area contributed by atoms with E-state index in [1.54, 1.807) is 55.5 Å². The topological polar surface area (TPSA) is 87.8 Å². The van der Waals surface area contributed by atoms with E-state index in [2.05, 4.69) is 10.3 Å². The van der Waals surface area contributed by atoms with Crippen molar-refractivity contribution < 1.29 is 9.18 Å². The molecule has 0 aliphatic heterocycles. The molecule has 0 radical (unpaired) electrons. The number of halogens is 1. The Hall–Kier alpha value is -3.96. The number of carbonyl (C=O) groups is 1. The van der Waals surface area contributed by atoms with Crippen LogP contribution in [0.2, 0.25) is 0 Å². The van der Waals surface area contributed by atoms with Gasteiger partial charge in [-0.25, -0.2) is 9.37 Å². The zero-order chi connectivity index (χ0) is 22.7. The van der Waals surface area contributed by atoms with Gasteiger partial charge in [0, 0.05) is 5.69 Å². The molecule has 1 atom stereocenters. The number of benzene rings is 3. The van der Waals surface area contributed by atoms with Crippen LogP contribution in [0.5, 0.6) is 0 Å². The number of rotatable bonds is 5. The van der Waals surface area contributed by atoms with Gasteiger partial charge in [-0.05, 0) is 61.5 Å². The van der Waals surface area contributed by atoms with E-state index in [0.717, 1.165) is 11.8 Å². The molecule has 0 fully saturated rings. The van der Waals surface area contributed by atoms with Gasteiger partial charge < -0.3 is 5.32 Å². The summed E-state index contributed by atoms with van der Waals surface area (Å²) in [6, 6.07) is 21.1. The van der Waals surface area contributed by atoms with Gasteiger partial charge in [0.2, 0.25) is 5.91 Å². The molecule has 0 saturated heterocycles. The van der Waals surface area contributed by atoms with Crippen LogP contribution in [0.4, 0.5) is 10.1 Å². The van der Waals surface area contributed by atoms with Crippen molar-refractivity contribution in [1.29, 1.82) is 5.26 Å². The van der Waals surface area contributed by atoms with Crippen LogP contribution in [0.3, 0.4) is 0 Å². The predicted molar refractivity (Wildman–Crippen MR) is 122 cm³/mol. The van der Waals surface area contributed by atoms with Crippen molar-refractivity contribution >= 4 is 34.3 Å². The number of anilines is 1. The van der Waals surface area contributed by atoms with Gasteiger partial charge in [0.05, 0.1) is 33.5 Å². The number of para-hydroxylation sites is 1. The molecule has 4 aromatic rings. The third-order valence-electron chi connectivity index (χ3n) is 4.74. The van der Waals surface area contributed by atoms with Crippen molar-refractivity contribution in [3.63, 3.8) is 0 Å². The maximum atomic E-state index is 13.5. The van der Waals surface area contributed by atoms with Crippen molar-refractivity contribution in [3.05, 3.63) is 94.5 Å². The van der Waals surface area contributed by atoms with Crippen LogP contribution in [0, 0.1) is 17.1 Å². The molecule has 32 heavy (non-hydrogen) atoms. The minimum absolute atomic E-state index is 0.306. The SMILES string of the molecule is CC(Sc1nc2ccccc2c(=O)n1-c1ccc(F)cc1)C(=O)Nc1cccc(C#N)c1. The van der Waals surface area contributed by atoms with Crippen LogP contribution >= 0.6 is 11.8 Å². The normalized spacial score (nSPS) is 11.7. The van der Waals surface area contributed by atoms with Gasteiger partial charge in [0.1, 0.15) is 5.82 Å². The summed E-state index contributed by atoms with van der Waals surface area (Å²) in [4.78, 5) is 30.6. The number of nitrogens with zero attached hydrogens (tertiary/aromatic N) is 3. The molecule has 4 rings (SSSR count). The summed E-state index contributed by atoms with van der Waals surface area (Å²) in [5.41, 5.74) is 1.59.